The zero-order chi connectivity index (χ0) is 21.3. The molecule has 0 aliphatic carbocycles. The molecular weight excluding hydrogens is 424 g/mol. The van der Waals surface area contributed by atoms with Gasteiger partial charge in [0.05, 0.1) is 10.6 Å². The number of nitrogens with zero attached hydrogens (tertiary/aromatic N) is 2. The van der Waals surface area contributed by atoms with Gasteiger partial charge < -0.3 is 5.32 Å². The number of hydrogen-bond donors (Lipinski definition) is 2. The summed E-state index contributed by atoms with van der Waals surface area (Å²) in [6.07, 6.45) is 1.80. The van der Waals surface area contributed by atoms with Gasteiger partial charge in [0.25, 0.3) is 15.9 Å². The van der Waals surface area contributed by atoms with Gasteiger partial charge in [0, 0.05) is 29.8 Å². The summed E-state index contributed by atoms with van der Waals surface area (Å²) in [6, 6.07) is 15.2. The van der Waals surface area contributed by atoms with Crippen LogP contribution in [0.5, 0.6) is 0 Å². The van der Waals surface area contributed by atoms with Crippen LogP contribution in [-0.2, 0) is 14.8 Å². The van der Waals surface area contributed by atoms with Crippen molar-refractivity contribution in [2.45, 2.75) is 11.8 Å². The summed E-state index contributed by atoms with van der Waals surface area (Å²) in [6.45, 7) is 1.12. The molecule has 2 amide bonds. The molecule has 0 aliphatic rings. The molecule has 152 valence electrons. The number of hydrogen-bond acceptors (Lipinski definition) is 6. The number of benzene rings is 2. The number of nitrogens with one attached hydrogen (secondary N) is 2. The molecule has 2 aromatic carbocycles. The van der Waals surface area contributed by atoms with Crippen molar-refractivity contribution >= 4 is 43.8 Å². The summed E-state index contributed by atoms with van der Waals surface area (Å²) in [5, 5.41) is 4.45. The van der Waals surface area contributed by atoms with Gasteiger partial charge in [-0.25, -0.2) is 18.1 Å². The van der Waals surface area contributed by atoms with E-state index in [0.29, 0.717) is 16.3 Å². The maximum Gasteiger partial charge on any atom is 0.273 e. The standard InChI is InChI=1S/C20H16N4O4S2/c1-13(25)23-30(27,28)16-9-7-15(8-10-16)21-19(26)18-12-29-20-22-17(11-24(18)20)14-5-3-2-4-6-14/h2-12H,1H3,(H,21,26)(H,23,25). The Balaban J connectivity index is 1.55. The first-order valence-corrected chi connectivity index (χ1v) is 11.2. The van der Waals surface area contributed by atoms with Gasteiger partial charge in [-0.3, -0.25) is 14.0 Å². The van der Waals surface area contributed by atoms with Crippen LogP contribution in [-0.4, -0.2) is 29.6 Å². The molecule has 0 saturated carbocycles. The van der Waals surface area contributed by atoms with Gasteiger partial charge in [-0.05, 0) is 24.3 Å². The topological polar surface area (TPSA) is 110 Å². The Labute approximate surface area is 176 Å². The number of aromatic nitrogens is 2. The van der Waals surface area contributed by atoms with Gasteiger partial charge in [0.1, 0.15) is 5.69 Å². The Bertz CT molecular complexity index is 1340. The second-order valence-corrected chi connectivity index (χ2v) is 8.92. The van der Waals surface area contributed by atoms with Crippen molar-refractivity contribution in [2.75, 3.05) is 5.32 Å². The number of anilines is 1. The minimum absolute atomic E-state index is 0.0734. The van der Waals surface area contributed by atoms with E-state index in [1.807, 2.05) is 35.1 Å². The molecule has 10 heteroatoms. The Morgan fingerprint density at radius 3 is 2.40 bits per heavy atom. The van der Waals surface area contributed by atoms with Crippen LogP contribution in [0, 0.1) is 0 Å². The van der Waals surface area contributed by atoms with Gasteiger partial charge in [-0.2, -0.15) is 0 Å². The third-order valence-electron chi connectivity index (χ3n) is 4.21. The second kappa shape index (κ2) is 7.73. The van der Waals surface area contributed by atoms with E-state index in [4.69, 9.17) is 0 Å². The van der Waals surface area contributed by atoms with E-state index in [9.17, 15) is 18.0 Å². The zero-order valence-electron chi connectivity index (χ0n) is 15.7. The number of carbonyl (C=O) groups is 2. The highest BCUT2D eigenvalue weighted by atomic mass is 32.2. The lowest BCUT2D eigenvalue weighted by atomic mass is 10.2. The molecule has 8 nitrogen and oxygen atoms in total. The summed E-state index contributed by atoms with van der Waals surface area (Å²) < 4.78 is 27.6. The van der Waals surface area contributed by atoms with Crippen LogP contribution >= 0.6 is 11.3 Å². The highest BCUT2D eigenvalue weighted by Gasteiger charge is 2.17. The molecule has 4 rings (SSSR count). The molecule has 0 radical (unpaired) electrons. The molecular formula is C20H16N4O4S2. The lowest BCUT2D eigenvalue weighted by Crippen LogP contribution is -2.28. The average Bonchev–Trinajstić information content (AvgIpc) is 3.29. The van der Waals surface area contributed by atoms with E-state index >= 15 is 0 Å². The zero-order valence-corrected chi connectivity index (χ0v) is 17.3. The number of thiazole rings is 1. The predicted molar refractivity (Wildman–Crippen MR) is 114 cm³/mol. The Kier molecular flexibility index (Phi) is 5.10. The molecule has 0 unspecified atom stereocenters. The number of amides is 2. The first-order valence-electron chi connectivity index (χ1n) is 8.80. The molecule has 0 saturated heterocycles. The minimum Gasteiger partial charge on any atom is -0.321 e. The van der Waals surface area contributed by atoms with Crippen molar-refractivity contribution in [3.63, 3.8) is 0 Å². The van der Waals surface area contributed by atoms with Crippen molar-refractivity contribution < 1.29 is 18.0 Å². The summed E-state index contributed by atoms with van der Waals surface area (Å²) in [5.41, 5.74) is 2.56. The van der Waals surface area contributed by atoms with Gasteiger partial charge >= 0.3 is 0 Å². The maximum absolute atomic E-state index is 12.7. The average molecular weight is 441 g/mol. The molecule has 0 spiro atoms. The Morgan fingerprint density at radius 2 is 1.73 bits per heavy atom. The summed E-state index contributed by atoms with van der Waals surface area (Å²) >= 11 is 1.35. The second-order valence-electron chi connectivity index (χ2n) is 6.41. The molecule has 2 N–H and O–H groups in total. The quantitative estimate of drug-likeness (QED) is 0.495. The van der Waals surface area contributed by atoms with Crippen molar-refractivity contribution in [1.29, 1.82) is 0 Å². The first kappa shape index (κ1) is 19.8. The lowest BCUT2D eigenvalue weighted by Gasteiger charge is -2.07. The van der Waals surface area contributed by atoms with E-state index in [1.54, 1.807) is 16.0 Å². The Hall–Kier alpha value is -3.50. The molecule has 0 fully saturated rings. The van der Waals surface area contributed by atoms with Gasteiger partial charge in [-0.15, -0.1) is 11.3 Å². The summed E-state index contributed by atoms with van der Waals surface area (Å²) in [7, 11) is -3.92. The summed E-state index contributed by atoms with van der Waals surface area (Å²) in [5.74, 6) is -1.03. The van der Waals surface area contributed by atoms with Crippen LogP contribution in [0.4, 0.5) is 5.69 Å². The van der Waals surface area contributed by atoms with Crippen LogP contribution < -0.4 is 10.0 Å². The van der Waals surface area contributed by atoms with Gasteiger partial charge in [0.15, 0.2) is 4.96 Å². The number of carbonyl (C=O) groups excluding carboxylic acids is 2. The maximum atomic E-state index is 12.7. The molecule has 30 heavy (non-hydrogen) atoms. The normalized spacial score (nSPS) is 11.4. The monoisotopic (exact) mass is 440 g/mol. The van der Waals surface area contributed by atoms with E-state index < -0.39 is 15.9 Å². The van der Waals surface area contributed by atoms with E-state index in [1.165, 1.54) is 35.6 Å². The minimum atomic E-state index is -3.92. The highest BCUT2D eigenvalue weighted by Crippen LogP contribution is 2.24. The van der Waals surface area contributed by atoms with Crippen LogP contribution in [0.15, 0.2) is 71.1 Å². The Morgan fingerprint density at radius 1 is 1.03 bits per heavy atom. The van der Waals surface area contributed by atoms with Crippen LogP contribution in [0.1, 0.15) is 17.4 Å². The smallest absolute Gasteiger partial charge is 0.273 e. The van der Waals surface area contributed by atoms with Crippen LogP contribution in [0.2, 0.25) is 0 Å². The molecule has 4 aromatic rings. The van der Waals surface area contributed by atoms with Crippen molar-refractivity contribution in [3.05, 3.63) is 71.9 Å². The van der Waals surface area contributed by atoms with Gasteiger partial charge in [-0.1, -0.05) is 30.3 Å². The van der Waals surface area contributed by atoms with Crippen LogP contribution in [0.3, 0.4) is 0 Å². The molecule has 0 atom stereocenters. The van der Waals surface area contributed by atoms with E-state index in [-0.39, 0.29) is 10.8 Å². The largest absolute Gasteiger partial charge is 0.321 e. The summed E-state index contributed by atoms with van der Waals surface area (Å²) in [4.78, 5) is 28.9. The molecule has 0 bridgehead atoms. The number of imidazole rings is 1. The number of rotatable bonds is 5. The van der Waals surface area contributed by atoms with Crippen molar-refractivity contribution in [2.24, 2.45) is 0 Å². The fraction of sp³-hybridized carbons (Fsp3) is 0.0500. The van der Waals surface area contributed by atoms with E-state index in [2.05, 4.69) is 10.3 Å². The number of sulfonamides is 1. The van der Waals surface area contributed by atoms with Crippen molar-refractivity contribution in [3.8, 4) is 11.3 Å². The van der Waals surface area contributed by atoms with Gasteiger partial charge in [0.2, 0.25) is 5.91 Å². The molecule has 0 aliphatic heterocycles. The predicted octanol–water partition coefficient (Wildman–Crippen LogP) is 3.14. The highest BCUT2D eigenvalue weighted by molar-refractivity contribution is 7.90. The molecule has 2 aromatic heterocycles. The van der Waals surface area contributed by atoms with Crippen molar-refractivity contribution in [1.82, 2.24) is 14.1 Å². The van der Waals surface area contributed by atoms with E-state index in [0.717, 1.165) is 18.2 Å². The lowest BCUT2D eigenvalue weighted by molar-refractivity contribution is -0.117. The third kappa shape index (κ3) is 3.95. The third-order valence-corrected chi connectivity index (χ3v) is 6.50. The fourth-order valence-corrected chi connectivity index (χ4v) is 4.70. The number of fused-ring (bicyclic) bond motifs is 1. The SMILES string of the molecule is CC(=O)NS(=O)(=O)c1ccc(NC(=O)c2csc3nc(-c4ccccc4)cn23)cc1. The molecule has 2 heterocycles. The fourth-order valence-electron chi connectivity index (χ4n) is 2.86. The first-order chi connectivity index (χ1) is 14.3. The van der Waals surface area contributed by atoms with Crippen LogP contribution in [0.25, 0.3) is 16.2 Å².